The smallest absolute Gasteiger partial charge is 0.325 e. The van der Waals surface area contributed by atoms with Gasteiger partial charge in [-0.1, -0.05) is 46.4 Å². The molecule has 6 bridgehead atoms. The molecule has 5 aliphatic rings. The minimum atomic E-state index is -1.18. The number of urea groups is 1. The lowest BCUT2D eigenvalue weighted by atomic mass is 9.84. The van der Waals surface area contributed by atoms with Gasteiger partial charge in [0.15, 0.2) is 0 Å². The Bertz CT molecular complexity index is 2920. The van der Waals surface area contributed by atoms with Crippen molar-refractivity contribution >= 4 is 46.3 Å². The zero-order chi connectivity index (χ0) is 55.4. The first kappa shape index (κ1) is 55.3. The molecule has 0 unspecified atom stereocenters. The number of esters is 1. The van der Waals surface area contributed by atoms with E-state index >= 15 is 4.79 Å². The number of piperazine rings is 2. The molecule has 9 rings (SSSR count). The predicted octanol–water partition coefficient (Wildman–Crippen LogP) is 6.24. The first-order valence-corrected chi connectivity index (χ1v) is 27.6. The Morgan fingerprint density at radius 2 is 1.73 bits per heavy atom. The minimum absolute atomic E-state index is 0.00839. The summed E-state index contributed by atoms with van der Waals surface area (Å²) >= 11 is 0. The number of cyclic esters (lactones) is 1. The number of phenolic OH excluding ortho intramolecular Hbond substituents is 1. The van der Waals surface area contributed by atoms with E-state index in [-0.39, 0.29) is 66.7 Å². The number of aromatic nitrogens is 2. The van der Waals surface area contributed by atoms with Crippen LogP contribution in [0.5, 0.6) is 5.75 Å². The monoisotopic (exact) mass is 1060 g/mol. The third kappa shape index (κ3) is 11.2. The molecular formula is C59H80N10O8. The summed E-state index contributed by atoms with van der Waals surface area (Å²) in [4.78, 5) is 86.1. The number of nitrogens with zero attached hydrogens (tertiary/aromatic N) is 8. The van der Waals surface area contributed by atoms with Gasteiger partial charge in [0.25, 0.3) is 5.91 Å². The van der Waals surface area contributed by atoms with E-state index in [4.69, 9.17) is 14.5 Å². The van der Waals surface area contributed by atoms with E-state index in [1.165, 1.54) is 16.0 Å². The number of fused-ring (bicyclic) bond motifs is 8. The highest BCUT2D eigenvalue weighted by Gasteiger charge is 2.53. The number of pyridine rings is 1. The quantitative estimate of drug-likeness (QED) is 0.120. The standard InChI is InChI=1S/C59H80N10O8/c1-13-50(71)66-30-35(5)69(36(6)31-66)58(75)64(11)53(34(3)4)55(72)61-48-23-38-21-40(24-43(70)22-38)39-15-16-49-45(25-39)47(28-59(8,9)33-77-57(74)52-44-26-41(44)32-68(62-52)56(48)73)54(67(49)14-2)46-27-42(29-60-51(46)37(7)76-12)65-19-17-63(10)18-20-65/h13,15-16,21-22,24-25,27,29,34-37,41,44,48,52-53,62,70H,1,14,17-20,23,26,28,30-33H2,2-12H3,(H,61,72)/t35-,36-,37+,41-,44-,48+,52+,53+/m1/s1. The number of likely N-dealkylation sites (N-methyl/N-ethyl adjacent to an activating group) is 2. The predicted molar refractivity (Wildman–Crippen MR) is 297 cm³/mol. The number of methoxy groups -OCH3 is 1. The number of hydrazine groups is 1. The zero-order valence-electron chi connectivity index (χ0n) is 47.0. The number of aromatic hydroxyl groups is 1. The average molecular weight is 1060 g/mol. The third-order valence-electron chi connectivity index (χ3n) is 16.8. The molecule has 1 aliphatic carbocycles. The molecule has 4 aliphatic heterocycles. The van der Waals surface area contributed by atoms with Gasteiger partial charge in [0.05, 0.1) is 36.0 Å². The molecule has 6 heterocycles. The fourth-order valence-corrected chi connectivity index (χ4v) is 12.5. The van der Waals surface area contributed by atoms with Crippen LogP contribution in [0.3, 0.4) is 0 Å². The Kier molecular flexibility index (Phi) is 15.9. The highest BCUT2D eigenvalue weighted by atomic mass is 16.5. The summed E-state index contributed by atoms with van der Waals surface area (Å²) in [5.41, 5.74) is 10.8. The maximum atomic E-state index is 15.1. The molecule has 2 aromatic carbocycles. The Hall–Kier alpha value is -6.50. The first-order valence-electron chi connectivity index (χ1n) is 27.6. The van der Waals surface area contributed by atoms with E-state index in [0.717, 1.165) is 82.8 Å². The summed E-state index contributed by atoms with van der Waals surface area (Å²) in [6.45, 7) is 24.8. The molecule has 2 aromatic heterocycles. The summed E-state index contributed by atoms with van der Waals surface area (Å²) < 4.78 is 14.7. The molecule has 18 nitrogen and oxygen atoms in total. The van der Waals surface area contributed by atoms with Crippen molar-refractivity contribution in [2.75, 3.05) is 78.5 Å². The number of amides is 5. The van der Waals surface area contributed by atoms with Crippen molar-refractivity contribution in [3.05, 3.63) is 78.1 Å². The molecule has 414 valence electrons. The Morgan fingerprint density at radius 1 is 1.01 bits per heavy atom. The van der Waals surface area contributed by atoms with Crippen LogP contribution in [0.2, 0.25) is 0 Å². The van der Waals surface area contributed by atoms with Crippen LogP contribution in [0.1, 0.15) is 84.7 Å². The maximum absolute atomic E-state index is 15.1. The van der Waals surface area contributed by atoms with Gasteiger partial charge in [-0.25, -0.2) is 10.2 Å². The molecule has 5 amide bonds. The number of nitrogens with one attached hydrogen (secondary N) is 2. The molecule has 4 aromatic rings. The van der Waals surface area contributed by atoms with Gasteiger partial charge in [0.2, 0.25) is 11.8 Å². The summed E-state index contributed by atoms with van der Waals surface area (Å²) in [6.07, 6.45) is 4.17. The zero-order valence-corrected chi connectivity index (χ0v) is 47.0. The number of benzene rings is 2. The van der Waals surface area contributed by atoms with Gasteiger partial charge in [-0.3, -0.25) is 29.2 Å². The van der Waals surface area contributed by atoms with Crippen LogP contribution in [0.25, 0.3) is 33.3 Å². The Labute approximate surface area is 453 Å². The second-order valence-corrected chi connectivity index (χ2v) is 23.6. The van der Waals surface area contributed by atoms with E-state index in [1.807, 2.05) is 46.9 Å². The van der Waals surface area contributed by atoms with Crippen LogP contribution >= 0.6 is 0 Å². The number of anilines is 1. The number of hydrogen-bond acceptors (Lipinski definition) is 12. The van der Waals surface area contributed by atoms with Crippen molar-refractivity contribution in [3.8, 4) is 28.1 Å². The van der Waals surface area contributed by atoms with Gasteiger partial charge >= 0.3 is 12.0 Å². The molecule has 77 heavy (non-hydrogen) atoms. The topological polar surface area (TPSA) is 185 Å². The number of rotatable bonds is 10. The fraction of sp³-hybridized carbons (Fsp3) is 0.559. The Balaban J connectivity index is 1.13. The summed E-state index contributed by atoms with van der Waals surface area (Å²) in [7, 11) is 5.45. The Morgan fingerprint density at radius 3 is 2.39 bits per heavy atom. The number of carbonyl (C=O) groups excluding carboxylic acids is 5. The van der Waals surface area contributed by atoms with E-state index in [1.54, 1.807) is 36.1 Å². The van der Waals surface area contributed by atoms with E-state index in [9.17, 15) is 24.3 Å². The number of ether oxygens (including phenoxy) is 2. The lowest BCUT2D eigenvalue weighted by molar-refractivity contribution is -0.156. The third-order valence-corrected chi connectivity index (χ3v) is 16.8. The largest absolute Gasteiger partial charge is 0.508 e. The molecule has 4 fully saturated rings. The van der Waals surface area contributed by atoms with Crippen molar-refractivity contribution in [1.29, 1.82) is 0 Å². The van der Waals surface area contributed by atoms with Crippen LogP contribution in [0, 0.1) is 23.2 Å². The van der Waals surface area contributed by atoms with E-state index in [0.29, 0.717) is 38.2 Å². The van der Waals surface area contributed by atoms with Crippen LogP contribution in [-0.2, 0) is 48.0 Å². The SMILES string of the molecule is C=CC(=O)N1C[C@@H](C)N(C(=O)N(C)[C@H](C(=O)N[C@H]2Cc3cc(O)cc(c3)-c3ccc4c(c3)c(c(-c3cc(N5CCN(C)CC5)cnc3[C@H](C)OC)n4CC)CC(C)(C)COC(=O)[C@H]3NN(C[C@H]4C[C@H]43)C2=O)C(C)C)[C@H](C)C1. The maximum Gasteiger partial charge on any atom is 0.325 e. The molecule has 18 heteroatoms. The first-order chi connectivity index (χ1) is 36.6. The number of carbonyl (C=O) groups is 5. The number of aryl methyl sites for hydroxylation is 1. The van der Waals surface area contributed by atoms with E-state index in [2.05, 4.69) is 83.8 Å². The lowest BCUT2D eigenvalue weighted by Crippen LogP contribution is -2.65. The molecule has 8 atom stereocenters. The van der Waals surface area contributed by atoms with Crippen molar-refractivity contribution < 1.29 is 38.6 Å². The van der Waals surface area contributed by atoms with Crippen LogP contribution in [-0.4, -0.2) is 173 Å². The van der Waals surface area contributed by atoms with Crippen LogP contribution < -0.4 is 15.6 Å². The minimum Gasteiger partial charge on any atom is -0.508 e. The normalized spacial score (nSPS) is 24.7. The van der Waals surface area contributed by atoms with E-state index < -0.39 is 41.3 Å². The van der Waals surface area contributed by atoms with Gasteiger partial charge in [-0.2, -0.15) is 0 Å². The molecule has 1 saturated carbocycles. The average Bonchev–Trinajstić information content (AvgIpc) is 4.15. The molecule has 0 radical (unpaired) electrons. The highest BCUT2D eigenvalue weighted by Crippen LogP contribution is 2.46. The van der Waals surface area contributed by atoms with Crippen molar-refractivity contribution in [2.24, 2.45) is 23.2 Å². The van der Waals surface area contributed by atoms with Crippen LogP contribution in [0.4, 0.5) is 10.5 Å². The van der Waals surface area contributed by atoms with Gasteiger partial charge in [0, 0.05) is 107 Å². The second-order valence-electron chi connectivity index (χ2n) is 23.6. The van der Waals surface area contributed by atoms with Crippen molar-refractivity contribution in [3.63, 3.8) is 0 Å². The number of hydrogen-bond donors (Lipinski definition) is 3. The number of phenols is 1. The van der Waals surface area contributed by atoms with Gasteiger partial charge in [-0.15, -0.1) is 0 Å². The highest BCUT2D eigenvalue weighted by molar-refractivity contribution is 5.96. The van der Waals surface area contributed by atoms with Gasteiger partial charge in [-0.05, 0) is 124 Å². The molecule has 3 saturated heterocycles. The van der Waals surface area contributed by atoms with Gasteiger partial charge in [0.1, 0.15) is 23.9 Å². The summed E-state index contributed by atoms with van der Waals surface area (Å²) in [6, 6.07) is 9.85. The molecule has 3 N–H and O–H groups in total. The van der Waals surface area contributed by atoms with Crippen LogP contribution in [0.15, 0.2) is 61.3 Å². The molecular weight excluding hydrogens is 977 g/mol. The second kappa shape index (κ2) is 22.1. The fourth-order valence-electron chi connectivity index (χ4n) is 12.5. The lowest BCUT2D eigenvalue weighted by Gasteiger charge is -2.46. The molecule has 0 spiro atoms. The van der Waals surface area contributed by atoms with Crippen molar-refractivity contribution in [1.82, 2.24) is 44.9 Å². The summed E-state index contributed by atoms with van der Waals surface area (Å²) in [5, 5.41) is 17.1. The summed E-state index contributed by atoms with van der Waals surface area (Å²) in [5.74, 6) is -2.00. The van der Waals surface area contributed by atoms with Gasteiger partial charge < -0.3 is 49.0 Å². The van der Waals surface area contributed by atoms with Crippen molar-refractivity contribution in [2.45, 2.75) is 118 Å².